The number of aromatic amines is 1. The number of nitriles is 1. The number of ether oxygens (including phenoxy) is 2. The van der Waals surface area contributed by atoms with Gasteiger partial charge in [0.1, 0.15) is 29.2 Å². The zero-order valence-electron chi connectivity index (χ0n) is 18.8. The van der Waals surface area contributed by atoms with Crippen molar-refractivity contribution in [1.29, 1.82) is 10.7 Å². The maximum absolute atomic E-state index is 12.7. The van der Waals surface area contributed by atoms with Crippen molar-refractivity contribution >= 4 is 5.84 Å². The Morgan fingerprint density at radius 1 is 1.20 bits per heavy atom. The summed E-state index contributed by atoms with van der Waals surface area (Å²) in [6, 6.07) is 16.1. The van der Waals surface area contributed by atoms with Gasteiger partial charge in [-0.05, 0) is 35.7 Å². The predicted octanol–water partition coefficient (Wildman–Crippen LogP) is 1.92. The number of nitrogen functional groups attached to an aromatic ring is 1. The molecule has 176 valence electrons. The third-order valence-corrected chi connectivity index (χ3v) is 5.26. The van der Waals surface area contributed by atoms with Gasteiger partial charge in [-0.15, -0.1) is 9.78 Å². The van der Waals surface area contributed by atoms with E-state index in [2.05, 4.69) is 20.1 Å². The second-order valence-corrected chi connectivity index (χ2v) is 7.53. The second kappa shape index (κ2) is 10.3. The van der Waals surface area contributed by atoms with Gasteiger partial charge in [-0.3, -0.25) is 10.4 Å². The van der Waals surface area contributed by atoms with Gasteiger partial charge in [-0.2, -0.15) is 5.26 Å². The molecule has 1 atom stereocenters. The lowest BCUT2D eigenvalue weighted by Gasteiger charge is -2.17. The third-order valence-electron chi connectivity index (χ3n) is 5.26. The van der Waals surface area contributed by atoms with E-state index in [1.807, 2.05) is 24.3 Å². The van der Waals surface area contributed by atoms with Crippen molar-refractivity contribution in [3.05, 3.63) is 93.9 Å². The minimum atomic E-state index is -0.480. The van der Waals surface area contributed by atoms with Crippen LogP contribution in [-0.2, 0) is 6.42 Å². The van der Waals surface area contributed by atoms with Gasteiger partial charge in [0.15, 0.2) is 6.61 Å². The van der Waals surface area contributed by atoms with Crippen LogP contribution in [-0.4, -0.2) is 44.3 Å². The first kappa shape index (κ1) is 23.2. The lowest BCUT2D eigenvalue weighted by Crippen LogP contribution is -2.18. The molecule has 4 aromatic rings. The minimum Gasteiger partial charge on any atom is -0.497 e. The number of hydrogen-bond donors (Lipinski definition) is 3. The maximum atomic E-state index is 12.7. The summed E-state index contributed by atoms with van der Waals surface area (Å²) in [5.74, 6) is 1.07. The number of methoxy groups -OCH3 is 1. The summed E-state index contributed by atoms with van der Waals surface area (Å²) in [5.41, 5.74) is 7.39. The van der Waals surface area contributed by atoms with Gasteiger partial charge in [0.2, 0.25) is 0 Å². The van der Waals surface area contributed by atoms with Crippen molar-refractivity contribution in [2.24, 2.45) is 5.73 Å². The standard InChI is InChI=1S/C24H22N8O3/c1-34-18-12-17(13-19(14-18)35-10-7-25)20(11-15-3-5-16(6-4-15)21(26)27)22-30-24(33)32(31-22)23-28-8-2-9-29-23/h2-6,8-9,12-14,20H,10-11H2,1H3,(H3,26,27)(H,30,31,33). The van der Waals surface area contributed by atoms with E-state index >= 15 is 0 Å². The second-order valence-electron chi connectivity index (χ2n) is 7.53. The number of rotatable bonds is 9. The molecule has 11 nitrogen and oxygen atoms in total. The van der Waals surface area contributed by atoms with Crippen molar-refractivity contribution in [3.8, 4) is 23.5 Å². The molecule has 4 rings (SSSR count). The highest BCUT2D eigenvalue weighted by Crippen LogP contribution is 2.32. The van der Waals surface area contributed by atoms with Crippen LogP contribution in [0.4, 0.5) is 0 Å². The Hall–Kier alpha value is -4.98. The Labute approximate surface area is 200 Å². The van der Waals surface area contributed by atoms with Gasteiger partial charge < -0.3 is 15.2 Å². The van der Waals surface area contributed by atoms with Gasteiger partial charge >= 0.3 is 5.69 Å². The van der Waals surface area contributed by atoms with E-state index in [1.54, 1.807) is 30.3 Å². The number of nitrogens with zero attached hydrogens (tertiary/aromatic N) is 5. The summed E-state index contributed by atoms with van der Waals surface area (Å²) >= 11 is 0. The zero-order valence-corrected chi connectivity index (χ0v) is 18.8. The van der Waals surface area contributed by atoms with Crippen LogP contribution in [0.5, 0.6) is 11.5 Å². The third kappa shape index (κ3) is 5.33. The van der Waals surface area contributed by atoms with E-state index in [0.717, 1.165) is 15.8 Å². The highest BCUT2D eigenvalue weighted by atomic mass is 16.5. The van der Waals surface area contributed by atoms with Crippen molar-refractivity contribution in [3.63, 3.8) is 0 Å². The molecular formula is C24H22N8O3. The van der Waals surface area contributed by atoms with E-state index in [0.29, 0.717) is 29.3 Å². The molecule has 2 aromatic carbocycles. The van der Waals surface area contributed by atoms with Crippen molar-refractivity contribution in [2.45, 2.75) is 12.3 Å². The van der Waals surface area contributed by atoms with Crippen LogP contribution in [0.2, 0.25) is 0 Å². The SMILES string of the molecule is COc1cc(OCC#N)cc(C(Cc2ccc(C(=N)N)cc2)c2nn(-c3ncccn3)c(=O)[nH]2)c1. The smallest absolute Gasteiger partial charge is 0.350 e. The molecule has 1 unspecified atom stereocenters. The number of H-pyrrole nitrogens is 1. The molecular weight excluding hydrogens is 448 g/mol. The summed E-state index contributed by atoms with van der Waals surface area (Å²) in [6.07, 6.45) is 3.50. The van der Waals surface area contributed by atoms with Crippen molar-refractivity contribution < 1.29 is 9.47 Å². The molecule has 35 heavy (non-hydrogen) atoms. The highest BCUT2D eigenvalue weighted by Gasteiger charge is 2.23. The largest absolute Gasteiger partial charge is 0.497 e. The minimum absolute atomic E-state index is 0.0221. The molecule has 0 radical (unpaired) electrons. The van der Waals surface area contributed by atoms with Gasteiger partial charge in [0, 0.05) is 29.9 Å². The molecule has 0 fully saturated rings. The number of hydrogen-bond acceptors (Lipinski definition) is 8. The van der Waals surface area contributed by atoms with Crippen LogP contribution >= 0.6 is 0 Å². The molecule has 0 bridgehead atoms. The van der Waals surface area contributed by atoms with Crippen LogP contribution in [0.25, 0.3) is 5.95 Å². The maximum Gasteiger partial charge on any atom is 0.350 e. The lowest BCUT2D eigenvalue weighted by molar-refractivity contribution is 0.360. The Morgan fingerprint density at radius 2 is 1.91 bits per heavy atom. The Morgan fingerprint density at radius 3 is 2.57 bits per heavy atom. The van der Waals surface area contributed by atoms with Crippen LogP contribution in [0.15, 0.2) is 65.7 Å². The normalized spacial score (nSPS) is 11.4. The van der Waals surface area contributed by atoms with Gasteiger partial charge in [-0.1, -0.05) is 24.3 Å². The van der Waals surface area contributed by atoms with E-state index in [1.165, 1.54) is 19.5 Å². The van der Waals surface area contributed by atoms with E-state index in [4.69, 9.17) is 25.9 Å². The molecule has 0 aliphatic rings. The van der Waals surface area contributed by atoms with E-state index in [-0.39, 0.29) is 18.4 Å². The first-order valence-electron chi connectivity index (χ1n) is 10.6. The van der Waals surface area contributed by atoms with Crippen molar-refractivity contribution in [2.75, 3.05) is 13.7 Å². The first-order valence-corrected chi connectivity index (χ1v) is 10.6. The summed E-state index contributed by atoms with van der Waals surface area (Å²) in [4.78, 5) is 23.8. The average Bonchev–Trinajstić information content (AvgIpc) is 3.27. The zero-order chi connectivity index (χ0) is 24.8. The van der Waals surface area contributed by atoms with Gasteiger partial charge in [0.25, 0.3) is 5.95 Å². The molecule has 0 saturated heterocycles. The Balaban J connectivity index is 1.80. The molecule has 0 saturated carbocycles. The van der Waals surface area contributed by atoms with Gasteiger partial charge in [-0.25, -0.2) is 14.8 Å². The summed E-state index contributed by atoms with van der Waals surface area (Å²) in [7, 11) is 1.53. The highest BCUT2D eigenvalue weighted by molar-refractivity contribution is 5.94. The molecule has 0 amide bonds. The van der Waals surface area contributed by atoms with E-state index < -0.39 is 11.6 Å². The summed E-state index contributed by atoms with van der Waals surface area (Å²) < 4.78 is 12.1. The molecule has 4 N–H and O–H groups in total. The summed E-state index contributed by atoms with van der Waals surface area (Å²) in [5, 5.41) is 21.0. The number of benzene rings is 2. The number of aromatic nitrogens is 5. The summed E-state index contributed by atoms with van der Waals surface area (Å²) in [6.45, 7) is -0.124. The topological polar surface area (TPSA) is 169 Å². The quantitative estimate of drug-likeness (QED) is 0.246. The van der Waals surface area contributed by atoms with Crippen molar-refractivity contribution in [1.82, 2.24) is 24.7 Å². The van der Waals surface area contributed by atoms with Crippen LogP contribution in [0.3, 0.4) is 0 Å². The Kier molecular flexibility index (Phi) is 6.83. The monoisotopic (exact) mass is 470 g/mol. The molecule has 2 aromatic heterocycles. The van der Waals surface area contributed by atoms with Gasteiger partial charge in [0.05, 0.1) is 7.11 Å². The fourth-order valence-electron chi connectivity index (χ4n) is 3.57. The predicted molar refractivity (Wildman–Crippen MR) is 127 cm³/mol. The van der Waals surface area contributed by atoms with Crippen LogP contribution in [0, 0.1) is 16.7 Å². The Bertz CT molecular complexity index is 1420. The number of nitrogens with one attached hydrogen (secondary N) is 2. The van der Waals surface area contributed by atoms with Crippen LogP contribution in [0.1, 0.15) is 28.4 Å². The number of nitrogens with two attached hydrogens (primary N) is 1. The molecule has 2 heterocycles. The average molecular weight is 470 g/mol. The molecule has 0 spiro atoms. The molecule has 11 heteroatoms. The molecule has 0 aliphatic carbocycles. The fraction of sp³-hybridized carbons (Fsp3) is 0.167. The van der Waals surface area contributed by atoms with Crippen LogP contribution < -0.4 is 20.9 Å². The lowest BCUT2D eigenvalue weighted by atomic mass is 9.90. The van der Waals surface area contributed by atoms with E-state index in [9.17, 15) is 4.79 Å². The molecule has 0 aliphatic heterocycles. The first-order chi connectivity index (χ1) is 17.0. The number of amidine groups is 1. The fourth-order valence-corrected chi connectivity index (χ4v) is 3.57.